The Hall–Kier alpha value is -3.71. The molecular formula is C29H34N2O5. The summed E-state index contributed by atoms with van der Waals surface area (Å²) < 4.78 is 22.6. The molecule has 3 aromatic rings. The third-order valence-corrected chi connectivity index (χ3v) is 6.79. The highest BCUT2D eigenvalue weighted by Crippen LogP contribution is 2.50. The molecule has 1 atom stereocenters. The van der Waals surface area contributed by atoms with E-state index in [1.165, 1.54) is 0 Å². The molecule has 0 unspecified atom stereocenters. The predicted octanol–water partition coefficient (Wildman–Crippen LogP) is 4.61. The molecule has 0 fully saturated rings. The van der Waals surface area contributed by atoms with Gasteiger partial charge in [-0.3, -0.25) is 4.79 Å². The van der Waals surface area contributed by atoms with Gasteiger partial charge in [-0.05, 0) is 72.8 Å². The molecule has 0 spiro atoms. The lowest BCUT2D eigenvalue weighted by Gasteiger charge is -2.19. The highest BCUT2D eigenvalue weighted by molar-refractivity contribution is 5.83. The minimum absolute atomic E-state index is 0.00984. The van der Waals surface area contributed by atoms with Crippen LogP contribution in [0.3, 0.4) is 0 Å². The van der Waals surface area contributed by atoms with E-state index < -0.39 is 0 Å². The highest BCUT2D eigenvalue weighted by atomic mass is 16.5. The van der Waals surface area contributed by atoms with Crippen molar-refractivity contribution in [2.24, 2.45) is 0 Å². The fourth-order valence-corrected chi connectivity index (χ4v) is 5.00. The number of methoxy groups -OCH3 is 4. The van der Waals surface area contributed by atoms with Gasteiger partial charge < -0.3 is 29.6 Å². The van der Waals surface area contributed by atoms with Gasteiger partial charge in [0.05, 0.1) is 34.1 Å². The summed E-state index contributed by atoms with van der Waals surface area (Å²) in [4.78, 5) is 13.3. The van der Waals surface area contributed by atoms with E-state index >= 15 is 0 Å². The quantitative estimate of drug-likeness (QED) is 0.454. The summed E-state index contributed by atoms with van der Waals surface area (Å²) in [5.74, 6) is 2.61. The van der Waals surface area contributed by atoms with E-state index in [0.29, 0.717) is 29.5 Å². The van der Waals surface area contributed by atoms with E-state index in [2.05, 4.69) is 10.6 Å². The van der Waals surface area contributed by atoms with Crippen molar-refractivity contribution < 1.29 is 18.9 Å². The molecule has 1 aliphatic carbocycles. The lowest BCUT2D eigenvalue weighted by molar-refractivity contribution is 0.324. The highest BCUT2D eigenvalue weighted by Gasteiger charge is 2.28. The summed E-state index contributed by atoms with van der Waals surface area (Å²) >= 11 is 0. The fourth-order valence-electron chi connectivity index (χ4n) is 5.00. The number of aryl methyl sites for hydroxylation is 1. The van der Waals surface area contributed by atoms with Crippen LogP contribution in [0, 0.1) is 0 Å². The maximum absolute atomic E-state index is 13.3. The zero-order valence-corrected chi connectivity index (χ0v) is 21.6. The molecule has 0 saturated heterocycles. The summed E-state index contributed by atoms with van der Waals surface area (Å²) in [6, 6.07) is 15.5. The maximum Gasteiger partial charge on any atom is 0.203 e. The molecule has 0 radical (unpaired) electrons. The SMILES string of the molecule is CN[C@@H]1CCc2cc(OC)c(OC)c(OC)c2-c2ccc(NCCc3ccccc3OC)c(=O)cc21. The van der Waals surface area contributed by atoms with Crippen molar-refractivity contribution in [3.63, 3.8) is 0 Å². The first-order valence-electron chi connectivity index (χ1n) is 12.1. The second kappa shape index (κ2) is 11.4. The van der Waals surface area contributed by atoms with Gasteiger partial charge in [0.1, 0.15) is 5.75 Å². The zero-order chi connectivity index (χ0) is 25.7. The van der Waals surface area contributed by atoms with Crippen molar-refractivity contribution in [1.82, 2.24) is 5.32 Å². The van der Waals surface area contributed by atoms with Crippen LogP contribution in [0.4, 0.5) is 5.69 Å². The summed E-state index contributed by atoms with van der Waals surface area (Å²) in [5, 5.41) is 6.72. The average Bonchev–Trinajstić information content (AvgIpc) is 3.15. The van der Waals surface area contributed by atoms with Crippen molar-refractivity contribution >= 4 is 5.69 Å². The smallest absolute Gasteiger partial charge is 0.203 e. The number of fused-ring (bicyclic) bond motifs is 3. The number of nitrogens with one attached hydrogen (secondary N) is 2. The van der Waals surface area contributed by atoms with Gasteiger partial charge in [0.25, 0.3) is 0 Å². The molecule has 2 N–H and O–H groups in total. The second-order valence-corrected chi connectivity index (χ2v) is 8.67. The third-order valence-electron chi connectivity index (χ3n) is 6.79. The lowest BCUT2D eigenvalue weighted by atomic mass is 9.95. The van der Waals surface area contributed by atoms with Crippen LogP contribution in [0.5, 0.6) is 23.0 Å². The van der Waals surface area contributed by atoms with Crippen LogP contribution in [-0.2, 0) is 12.8 Å². The molecule has 0 aromatic heterocycles. The Balaban J connectivity index is 1.78. The number of ether oxygens (including phenoxy) is 4. The second-order valence-electron chi connectivity index (χ2n) is 8.67. The Morgan fingerprint density at radius 1 is 0.889 bits per heavy atom. The largest absolute Gasteiger partial charge is 0.496 e. The molecule has 0 saturated carbocycles. The first-order valence-corrected chi connectivity index (χ1v) is 12.1. The molecule has 4 rings (SSSR count). The van der Waals surface area contributed by atoms with Gasteiger partial charge >= 0.3 is 0 Å². The number of benzene rings is 2. The fraction of sp³-hybridized carbons (Fsp3) is 0.345. The van der Waals surface area contributed by atoms with E-state index in [-0.39, 0.29) is 11.5 Å². The number of hydrogen-bond donors (Lipinski definition) is 2. The molecule has 36 heavy (non-hydrogen) atoms. The summed E-state index contributed by atoms with van der Waals surface area (Å²) in [6.45, 7) is 0.602. The van der Waals surface area contributed by atoms with Crippen molar-refractivity contribution in [1.29, 1.82) is 0 Å². The molecule has 0 bridgehead atoms. The Morgan fingerprint density at radius 2 is 1.64 bits per heavy atom. The van der Waals surface area contributed by atoms with E-state index in [4.69, 9.17) is 18.9 Å². The predicted molar refractivity (Wildman–Crippen MR) is 143 cm³/mol. The van der Waals surface area contributed by atoms with Gasteiger partial charge in [-0.15, -0.1) is 0 Å². The standard InChI is InChI=1S/C29H34N2O5/c1-30-22-12-10-19-16-26(34-3)28(35-4)29(36-5)27(19)20-11-13-23(24(32)17-21(20)22)31-15-14-18-8-6-7-9-25(18)33-2/h6-9,11,13,16-17,22,30H,10,12,14-15H2,1-5H3,(H,31,32)/t22-/m1/s1. The molecule has 1 aliphatic rings. The monoisotopic (exact) mass is 490 g/mol. The molecule has 7 nitrogen and oxygen atoms in total. The Bertz CT molecular complexity index is 1290. The van der Waals surface area contributed by atoms with Crippen LogP contribution in [-0.4, -0.2) is 42.0 Å². The molecule has 3 aromatic carbocycles. The maximum atomic E-state index is 13.3. The number of hydrogen-bond acceptors (Lipinski definition) is 7. The van der Waals surface area contributed by atoms with Gasteiger partial charge in [-0.1, -0.05) is 24.3 Å². The normalized spacial score (nSPS) is 14.2. The topological polar surface area (TPSA) is 78.1 Å². The molecule has 0 heterocycles. The number of anilines is 1. The summed E-state index contributed by atoms with van der Waals surface area (Å²) in [7, 11) is 8.45. The van der Waals surface area contributed by atoms with E-state index in [0.717, 1.165) is 52.8 Å². The van der Waals surface area contributed by atoms with Crippen LogP contribution >= 0.6 is 0 Å². The van der Waals surface area contributed by atoms with Crippen molar-refractivity contribution in [3.8, 4) is 34.1 Å². The average molecular weight is 491 g/mol. The Labute approximate surface area is 212 Å². The molecule has 190 valence electrons. The van der Waals surface area contributed by atoms with E-state index in [1.807, 2.05) is 49.5 Å². The van der Waals surface area contributed by atoms with Gasteiger partial charge in [0, 0.05) is 18.2 Å². The Morgan fingerprint density at radius 3 is 2.33 bits per heavy atom. The third kappa shape index (κ3) is 4.84. The van der Waals surface area contributed by atoms with E-state index in [9.17, 15) is 4.79 Å². The van der Waals surface area contributed by atoms with Gasteiger partial charge in [0.15, 0.2) is 11.5 Å². The van der Waals surface area contributed by atoms with Gasteiger partial charge in [0.2, 0.25) is 11.2 Å². The van der Waals surface area contributed by atoms with Crippen LogP contribution < -0.4 is 35.0 Å². The number of para-hydroxylation sites is 1. The van der Waals surface area contributed by atoms with Crippen LogP contribution in [0.25, 0.3) is 11.1 Å². The lowest BCUT2D eigenvalue weighted by Crippen LogP contribution is -2.18. The molecule has 7 heteroatoms. The molecular weight excluding hydrogens is 456 g/mol. The minimum Gasteiger partial charge on any atom is -0.496 e. The van der Waals surface area contributed by atoms with Crippen LogP contribution in [0.1, 0.15) is 29.2 Å². The zero-order valence-electron chi connectivity index (χ0n) is 21.6. The first kappa shape index (κ1) is 25.4. The summed E-state index contributed by atoms with van der Waals surface area (Å²) in [5.41, 5.74) is 5.48. The van der Waals surface area contributed by atoms with Crippen molar-refractivity contribution in [2.45, 2.75) is 25.3 Å². The van der Waals surface area contributed by atoms with Gasteiger partial charge in [-0.2, -0.15) is 0 Å². The minimum atomic E-state index is -0.0561. The molecule has 0 aliphatic heterocycles. The van der Waals surface area contributed by atoms with Crippen molar-refractivity contribution in [2.75, 3.05) is 47.3 Å². The first-order chi connectivity index (χ1) is 17.6. The van der Waals surface area contributed by atoms with E-state index in [1.54, 1.807) is 34.5 Å². The number of rotatable bonds is 9. The van der Waals surface area contributed by atoms with Crippen molar-refractivity contribution in [3.05, 3.63) is 75.4 Å². The van der Waals surface area contributed by atoms with Crippen LogP contribution in [0.2, 0.25) is 0 Å². The summed E-state index contributed by atoms with van der Waals surface area (Å²) in [6.07, 6.45) is 2.36. The Kier molecular flexibility index (Phi) is 8.00. The molecule has 0 amide bonds. The van der Waals surface area contributed by atoms with Gasteiger partial charge in [-0.25, -0.2) is 0 Å². The van der Waals surface area contributed by atoms with Crippen LogP contribution in [0.15, 0.2) is 53.3 Å².